The lowest BCUT2D eigenvalue weighted by Crippen LogP contribution is -2.38. The highest BCUT2D eigenvalue weighted by Crippen LogP contribution is 2.23. The van der Waals surface area contributed by atoms with Gasteiger partial charge in [-0.05, 0) is 47.6 Å². The SMILES string of the molecule is CC1CC(C)CN(Cc2ccc(CNC(=O)c3cccc(N4CCOC4=O)c3)cc2)C1. The maximum absolute atomic E-state index is 12.6. The molecule has 2 heterocycles. The van der Waals surface area contributed by atoms with E-state index < -0.39 is 0 Å². The van der Waals surface area contributed by atoms with Gasteiger partial charge in [0, 0.05) is 37.4 Å². The molecule has 0 saturated carbocycles. The van der Waals surface area contributed by atoms with Gasteiger partial charge in [0.1, 0.15) is 6.61 Å². The first kappa shape index (κ1) is 21.4. The molecule has 164 valence electrons. The minimum absolute atomic E-state index is 0.158. The molecule has 2 unspecified atom stereocenters. The van der Waals surface area contributed by atoms with E-state index in [0.29, 0.717) is 30.9 Å². The van der Waals surface area contributed by atoms with Crippen molar-refractivity contribution >= 4 is 17.7 Å². The van der Waals surface area contributed by atoms with Crippen molar-refractivity contribution in [3.63, 3.8) is 0 Å². The van der Waals surface area contributed by atoms with Crippen LogP contribution in [0.15, 0.2) is 48.5 Å². The Bertz CT molecular complexity index is 918. The van der Waals surface area contributed by atoms with Gasteiger partial charge in [-0.25, -0.2) is 4.79 Å². The molecule has 0 aliphatic carbocycles. The first-order chi connectivity index (χ1) is 15.0. The molecule has 2 atom stereocenters. The summed E-state index contributed by atoms with van der Waals surface area (Å²) in [5, 5.41) is 2.97. The van der Waals surface area contributed by atoms with Crippen molar-refractivity contribution in [1.29, 1.82) is 0 Å². The topological polar surface area (TPSA) is 61.9 Å². The van der Waals surface area contributed by atoms with E-state index >= 15 is 0 Å². The third-order valence-electron chi connectivity index (χ3n) is 6.01. The van der Waals surface area contributed by atoms with Gasteiger partial charge < -0.3 is 10.1 Å². The number of anilines is 1. The predicted octanol–water partition coefficient (Wildman–Crippen LogP) is 4.05. The number of carbonyl (C=O) groups is 2. The van der Waals surface area contributed by atoms with Crippen molar-refractivity contribution in [2.75, 3.05) is 31.1 Å². The van der Waals surface area contributed by atoms with Crippen LogP contribution in [-0.4, -0.2) is 43.1 Å². The number of ether oxygens (including phenoxy) is 1. The molecular formula is C25H31N3O3. The quantitative estimate of drug-likeness (QED) is 0.764. The van der Waals surface area contributed by atoms with E-state index in [4.69, 9.17) is 4.74 Å². The van der Waals surface area contributed by atoms with Crippen LogP contribution in [0.5, 0.6) is 0 Å². The van der Waals surface area contributed by atoms with Gasteiger partial charge in [0.25, 0.3) is 5.91 Å². The van der Waals surface area contributed by atoms with E-state index in [1.165, 1.54) is 12.0 Å². The van der Waals surface area contributed by atoms with E-state index in [1.54, 1.807) is 23.1 Å². The number of amides is 2. The number of nitrogens with zero attached hydrogens (tertiary/aromatic N) is 2. The van der Waals surface area contributed by atoms with Crippen molar-refractivity contribution in [1.82, 2.24) is 10.2 Å². The molecule has 6 nitrogen and oxygen atoms in total. The van der Waals surface area contributed by atoms with Crippen LogP contribution in [0.3, 0.4) is 0 Å². The maximum Gasteiger partial charge on any atom is 0.414 e. The summed E-state index contributed by atoms with van der Waals surface area (Å²) in [6.45, 7) is 9.32. The molecule has 0 spiro atoms. The zero-order chi connectivity index (χ0) is 21.8. The molecule has 2 saturated heterocycles. The molecular weight excluding hydrogens is 390 g/mol. The minimum Gasteiger partial charge on any atom is -0.447 e. The van der Waals surface area contributed by atoms with Gasteiger partial charge in [-0.1, -0.05) is 44.2 Å². The molecule has 0 radical (unpaired) electrons. The van der Waals surface area contributed by atoms with Crippen LogP contribution >= 0.6 is 0 Å². The number of likely N-dealkylation sites (tertiary alicyclic amines) is 1. The molecule has 2 aromatic rings. The summed E-state index contributed by atoms with van der Waals surface area (Å²) < 4.78 is 4.98. The lowest BCUT2D eigenvalue weighted by molar-refractivity contribution is 0.0951. The summed E-state index contributed by atoms with van der Waals surface area (Å²) in [4.78, 5) is 28.4. The second-order valence-electron chi connectivity index (χ2n) is 8.96. The van der Waals surface area contributed by atoms with E-state index in [9.17, 15) is 9.59 Å². The first-order valence-corrected chi connectivity index (χ1v) is 11.1. The van der Waals surface area contributed by atoms with Crippen LogP contribution in [0.2, 0.25) is 0 Å². The molecule has 0 bridgehead atoms. The molecule has 31 heavy (non-hydrogen) atoms. The zero-order valence-electron chi connectivity index (χ0n) is 18.3. The van der Waals surface area contributed by atoms with Gasteiger partial charge >= 0.3 is 6.09 Å². The van der Waals surface area contributed by atoms with Crippen LogP contribution < -0.4 is 10.2 Å². The minimum atomic E-state index is -0.369. The highest BCUT2D eigenvalue weighted by molar-refractivity contribution is 5.97. The van der Waals surface area contributed by atoms with Gasteiger partial charge in [-0.3, -0.25) is 14.6 Å². The van der Waals surface area contributed by atoms with Crippen LogP contribution in [0.1, 0.15) is 41.8 Å². The van der Waals surface area contributed by atoms with Gasteiger partial charge in [0.15, 0.2) is 0 Å². The highest BCUT2D eigenvalue weighted by atomic mass is 16.6. The van der Waals surface area contributed by atoms with Gasteiger partial charge in [-0.15, -0.1) is 0 Å². The molecule has 2 aromatic carbocycles. The van der Waals surface area contributed by atoms with Crippen LogP contribution in [-0.2, 0) is 17.8 Å². The number of nitrogens with one attached hydrogen (secondary N) is 1. The average molecular weight is 422 g/mol. The smallest absolute Gasteiger partial charge is 0.414 e. The third kappa shape index (κ3) is 5.44. The maximum atomic E-state index is 12.6. The Labute approximate surface area is 184 Å². The average Bonchev–Trinajstić information content (AvgIpc) is 3.18. The zero-order valence-corrected chi connectivity index (χ0v) is 18.3. The van der Waals surface area contributed by atoms with E-state index in [2.05, 4.69) is 48.3 Å². The fourth-order valence-corrected chi connectivity index (χ4v) is 4.67. The Morgan fingerprint density at radius 2 is 1.77 bits per heavy atom. The number of cyclic esters (lactones) is 1. The van der Waals surface area contributed by atoms with Crippen LogP contribution in [0, 0.1) is 11.8 Å². The van der Waals surface area contributed by atoms with Crippen molar-refractivity contribution in [3.05, 3.63) is 65.2 Å². The molecule has 4 rings (SSSR count). The van der Waals surface area contributed by atoms with Gasteiger partial charge in [0.05, 0.1) is 6.54 Å². The number of benzene rings is 2. The molecule has 2 fully saturated rings. The molecule has 2 amide bonds. The largest absolute Gasteiger partial charge is 0.447 e. The second kappa shape index (κ2) is 9.52. The van der Waals surface area contributed by atoms with Crippen molar-refractivity contribution in [3.8, 4) is 0 Å². The molecule has 1 N–H and O–H groups in total. The Morgan fingerprint density at radius 3 is 2.45 bits per heavy atom. The number of rotatable bonds is 6. The fraction of sp³-hybridized carbons (Fsp3) is 0.440. The standard InChI is InChI=1S/C25H31N3O3/c1-18-12-19(2)16-27(15-18)17-21-8-6-20(7-9-21)14-26-24(29)22-4-3-5-23(13-22)28-10-11-31-25(28)30/h3-9,13,18-19H,10-12,14-17H2,1-2H3,(H,26,29). The summed E-state index contributed by atoms with van der Waals surface area (Å²) in [7, 11) is 0. The normalized spacial score (nSPS) is 21.7. The molecule has 6 heteroatoms. The van der Waals surface area contributed by atoms with Gasteiger partial charge in [-0.2, -0.15) is 0 Å². The van der Waals surface area contributed by atoms with E-state index in [-0.39, 0.29) is 12.0 Å². The number of carbonyl (C=O) groups excluding carboxylic acids is 2. The first-order valence-electron chi connectivity index (χ1n) is 11.1. The lowest BCUT2D eigenvalue weighted by Gasteiger charge is -2.35. The second-order valence-corrected chi connectivity index (χ2v) is 8.96. The Hall–Kier alpha value is -2.86. The lowest BCUT2D eigenvalue weighted by atomic mass is 9.91. The molecule has 2 aliphatic rings. The Morgan fingerprint density at radius 1 is 1.06 bits per heavy atom. The Kier molecular flexibility index (Phi) is 6.56. The van der Waals surface area contributed by atoms with Crippen molar-refractivity contribution in [2.24, 2.45) is 11.8 Å². The summed E-state index contributed by atoms with van der Waals surface area (Å²) in [5.74, 6) is 1.36. The summed E-state index contributed by atoms with van der Waals surface area (Å²) in [6, 6.07) is 15.6. The van der Waals surface area contributed by atoms with E-state index in [0.717, 1.165) is 37.0 Å². The molecule has 2 aliphatic heterocycles. The fourth-order valence-electron chi connectivity index (χ4n) is 4.67. The number of piperidine rings is 1. The van der Waals surface area contributed by atoms with Crippen molar-refractivity contribution < 1.29 is 14.3 Å². The highest BCUT2D eigenvalue weighted by Gasteiger charge is 2.24. The number of hydrogen-bond acceptors (Lipinski definition) is 4. The van der Waals surface area contributed by atoms with Crippen LogP contribution in [0.4, 0.5) is 10.5 Å². The number of hydrogen-bond donors (Lipinski definition) is 1. The predicted molar refractivity (Wildman–Crippen MR) is 121 cm³/mol. The summed E-state index contributed by atoms with van der Waals surface area (Å²) in [6.07, 6.45) is 0.950. The molecule has 0 aromatic heterocycles. The van der Waals surface area contributed by atoms with Crippen LogP contribution in [0.25, 0.3) is 0 Å². The van der Waals surface area contributed by atoms with Gasteiger partial charge in [0.2, 0.25) is 0 Å². The van der Waals surface area contributed by atoms with E-state index in [1.807, 2.05) is 6.07 Å². The Balaban J connectivity index is 1.31. The summed E-state index contributed by atoms with van der Waals surface area (Å²) >= 11 is 0. The third-order valence-corrected chi connectivity index (χ3v) is 6.01. The summed E-state index contributed by atoms with van der Waals surface area (Å²) in [5.41, 5.74) is 3.58. The monoisotopic (exact) mass is 421 g/mol. The van der Waals surface area contributed by atoms with Crippen molar-refractivity contribution in [2.45, 2.75) is 33.4 Å².